The fraction of sp³-hybridized carbons (Fsp3) is 0.500. The molecule has 21 heavy (non-hydrogen) atoms. The Balaban J connectivity index is 2.16. The number of carbonyl (C=O) groups excluding carboxylic acids is 1. The monoisotopic (exact) mass is 293 g/mol. The number of ether oxygens (including phenoxy) is 1. The summed E-state index contributed by atoms with van der Waals surface area (Å²) in [5, 5.41) is 13.8. The third-order valence-electron chi connectivity index (χ3n) is 3.65. The van der Waals surface area contributed by atoms with Crippen LogP contribution >= 0.6 is 0 Å². The Bertz CT molecular complexity index is 517. The molecule has 1 aliphatic rings. The standard InChI is InChI=1S/C14H19N3O4/c1-10(7-8-21-2)16-13(18)9-15-14(16)11-3-5-12(6-4-11)17(19)20/h3-6,10,14-15H,7-9H2,1-2H3. The highest BCUT2D eigenvalue weighted by Gasteiger charge is 2.34. The molecule has 1 N–H and O–H groups in total. The number of nitro benzene ring substituents is 1. The van der Waals surface area contributed by atoms with Crippen LogP contribution in [-0.4, -0.2) is 42.0 Å². The summed E-state index contributed by atoms with van der Waals surface area (Å²) in [5.74, 6) is 0.0296. The van der Waals surface area contributed by atoms with Gasteiger partial charge in [0.1, 0.15) is 6.17 Å². The molecule has 2 atom stereocenters. The number of methoxy groups -OCH3 is 1. The van der Waals surface area contributed by atoms with Crippen molar-refractivity contribution in [2.45, 2.75) is 25.6 Å². The van der Waals surface area contributed by atoms with Crippen molar-refractivity contribution >= 4 is 11.6 Å². The van der Waals surface area contributed by atoms with Crippen LogP contribution in [0, 0.1) is 10.1 Å². The van der Waals surface area contributed by atoms with Gasteiger partial charge < -0.3 is 9.64 Å². The molecule has 0 spiro atoms. The molecule has 1 fully saturated rings. The van der Waals surface area contributed by atoms with Gasteiger partial charge in [0.2, 0.25) is 5.91 Å². The lowest BCUT2D eigenvalue weighted by molar-refractivity contribution is -0.384. The van der Waals surface area contributed by atoms with Crippen LogP contribution in [0.1, 0.15) is 25.1 Å². The van der Waals surface area contributed by atoms with Crippen molar-refractivity contribution in [2.75, 3.05) is 20.3 Å². The van der Waals surface area contributed by atoms with E-state index < -0.39 is 4.92 Å². The second-order valence-electron chi connectivity index (χ2n) is 5.06. The fourth-order valence-corrected chi connectivity index (χ4v) is 2.50. The van der Waals surface area contributed by atoms with Crippen molar-refractivity contribution in [3.8, 4) is 0 Å². The molecule has 1 amide bonds. The Labute approximate surface area is 123 Å². The first kappa shape index (κ1) is 15.4. The Morgan fingerprint density at radius 2 is 2.14 bits per heavy atom. The van der Waals surface area contributed by atoms with Crippen LogP contribution in [0.5, 0.6) is 0 Å². The lowest BCUT2D eigenvalue weighted by Crippen LogP contribution is -2.38. The van der Waals surface area contributed by atoms with Crippen LogP contribution < -0.4 is 5.32 Å². The fourth-order valence-electron chi connectivity index (χ4n) is 2.50. The minimum Gasteiger partial charge on any atom is -0.385 e. The summed E-state index contributed by atoms with van der Waals surface area (Å²) in [6, 6.07) is 6.32. The highest BCUT2D eigenvalue weighted by Crippen LogP contribution is 2.27. The number of rotatable bonds is 6. The summed E-state index contributed by atoms with van der Waals surface area (Å²) in [7, 11) is 1.63. The predicted octanol–water partition coefficient (Wildman–Crippen LogP) is 1.45. The molecule has 1 heterocycles. The Morgan fingerprint density at radius 3 is 2.71 bits per heavy atom. The molecular formula is C14H19N3O4. The minimum absolute atomic E-state index is 0.0296. The van der Waals surface area contributed by atoms with Crippen molar-refractivity contribution in [3.63, 3.8) is 0 Å². The van der Waals surface area contributed by atoms with E-state index in [0.29, 0.717) is 6.61 Å². The average molecular weight is 293 g/mol. The predicted molar refractivity (Wildman–Crippen MR) is 76.6 cm³/mol. The summed E-state index contributed by atoms with van der Waals surface area (Å²) in [6.07, 6.45) is 0.498. The highest BCUT2D eigenvalue weighted by atomic mass is 16.6. The molecule has 1 aromatic rings. The molecule has 1 saturated heterocycles. The van der Waals surface area contributed by atoms with E-state index in [1.807, 2.05) is 6.92 Å². The smallest absolute Gasteiger partial charge is 0.269 e. The van der Waals surface area contributed by atoms with E-state index in [9.17, 15) is 14.9 Å². The van der Waals surface area contributed by atoms with Gasteiger partial charge in [0.25, 0.3) is 5.69 Å². The number of nitrogens with zero attached hydrogens (tertiary/aromatic N) is 2. The molecule has 7 heteroatoms. The largest absolute Gasteiger partial charge is 0.385 e. The summed E-state index contributed by atoms with van der Waals surface area (Å²) in [6.45, 7) is 2.83. The lowest BCUT2D eigenvalue weighted by Gasteiger charge is -2.30. The van der Waals surface area contributed by atoms with Crippen molar-refractivity contribution in [3.05, 3.63) is 39.9 Å². The quantitative estimate of drug-likeness (QED) is 0.634. The molecule has 2 rings (SSSR count). The van der Waals surface area contributed by atoms with Gasteiger partial charge in [-0.2, -0.15) is 0 Å². The Kier molecular flexibility index (Phi) is 4.87. The van der Waals surface area contributed by atoms with Crippen LogP contribution in [0.15, 0.2) is 24.3 Å². The second-order valence-corrected chi connectivity index (χ2v) is 5.06. The van der Waals surface area contributed by atoms with Crippen LogP contribution in [0.25, 0.3) is 0 Å². The number of non-ortho nitro benzene ring substituents is 1. The summed E-state index contributed by atoms with van der Waals surface area (Å²) in [5.41, 5.74) is 0.887. The van der Waals surface area contributed by atoms with Crippen molar-refractivity contribution < 1.29 is 14.5 Å². The number of benzene rings is 1. The van der Waals surface area contributed by atoms with E-state index in [1.165, 1.54) is 12.1 Å². The van der Waals surface area contributed by atoms with E-state index >= 15 is 0 Å². The molecule has 114 valence electrons. The van der Waals surface area contributed by atoms with E-state index in [0.717, 1.165) is 12.0 Å². The number of carbonyl (C=O) groups is 1. The first-order valence-corrected chi connectivity index (χ1v) is 6.82. The number of nitrogens with one attached hydrogen (secondary N) is 1. The van der Waals surface area contributed by atoms with E-state index in [4.69, 9.17) is 4.74 Å². The van der Waals surface area contributed by atoms with Gasteiger partial charge in [-0.1, -0.05) is 0 Å². The Morgan fingerprint density at radius 1 is 1.48 bits per heavy atom. The molecule has 7 nitrogen and oxygen atoms in total. The van der Waals surface area contributed by atoms with Gasteiger partial charge in [0, 0.05) is 31.9 Å². The zero-order chi connectivity index (χ0) is 15.4. The van der Waals surface area contributed by atoms with Gasteiger partial charge in [0.15, 0.2) is 0 Å². The SMILES string of the molecule is COCCC(C)N1C(=O)CNC1c1ccc([N+](=O)[O-])cc1. The van der Waals surface area contributed by atoms with Gasteiger partial charge in [-0.25, -0.2) is 0 Å². The zero-order valence-electron chi connectivity index (χ0n) is 12.1. The maximum atomic E-state index is 12.1. The molecule has 0 aromatic heterocycles. The van der Waals surface area contributed by atoms with Crippen LogP contribution in [-0.2, 0) is 9.53 Å². The van der Waals surface area contributed by atoms with Crippen molar-refractivity contribution in [1.29, 1.82) is 0 Å². The topological polar surface area (TPSA) is 84.7 Å². The van der Waals surface area contributed by atoms with Crippen LogP contribution in [0.4, 0.5) is 5.69 Å². The average Bonchev–Trinajstić information content (AvgIpc) is 2.86. The number of nitro groups is 1. The molecule has 0 radical (unpaired) electrons. The normalized spacial score (nSPS) is 19.8. The number of hydrogen-bond donors (Lipinski definition) is 1. The van der Waals surface area contributed by atoms with E-state index in [-0.39, 0.29) is 30.3 Å². The first-order valence-electron chi connectivity index (χ1n) is 6.82. The minimum atomic E-state index is -0.435. The van der Waals surface area contributed by atoms with E-state index in [1.54, 1.807) is 24.1 Å². The van der Waals surface area contributed by atoms with Crippen molar-refractivity contribution in [1.82, 2.24) is 10.2 Å². The zero-order valence-corrected chi connectivity index (χ0v) is 12.1. The van der Waals surface area contributed by atoms with Gasteiger partial charge in [-0.15, -0.1) is 0 Å². The molecule has 1 aliphatic heterocycles. The first-order chi connectivity index (χ1) is 10.0. The molecule has 2 unspecified atom stereocenters. The molecule has 1 aromatic carbocycles. The maximum absolute atomic E-state index is 12.1. The molecule has 0 aliphatic carbocycles. The van der Waals surface area contributed by atoms with Crippen molar-refractivity contribution in [2.24, 2.45) is 0 Å². The summed E-state index contributed by atoms with van der Waals surface area (Å²) < 4.78 is 5.06. The second kappa shape index (κ2) is 6.64. The number of amides is 1. The summed E-state index contributed by atoms with van der Waals surface area (Å²) in [4.78, 5) is 24.1. The van der Waals surface area contributed by atoms with Gasteiger partial charge >= 0.3 is 0 Å². The van der Waals surface area contributed by atoms with E-state index in [2.05, 4.69) is 5.32 Å². The maximum Gasteiger partial charge on any atom is 0.269 e. The lowest BCUT2D eigenvalue weighted by atomic mass is 10.1. The van der Waals surface area contributed by atoms with Crippen LogP contribution in [0.3, 0.4) is 0 Å². The van der Waals surface area contributed by atoms with Gasteiger partial charge in [-0.3, -0.25) is 20.2 Å². The van der Waals surface area contributed by atoms with Gasteiger partial charge in [0.05, 0.1) is 11.5 Å². The Hall–Kier alpha value is -1.99. The highest BCUT2D eigenvalue weighted by molar-refractivity contribution is 5.81. The molecule has 0 saturated carbocycles. The number of hydrogen-bond acceptors (Lipinski definition) is 5. The summed E-state index contributed by atoms with van der Waals surface area (Å²) >= 11 is 0. The molecular weight excluding hydrogens is 274 g/mol. The van der Waals surface area contributed by atoms with Gasteiger partial charge in [-0.05, 0) is 31.0 Å². The van der Waals surface area contributed by atoms with Crippen LogP contribution in [0.2, 0.25) is 0 Å². The third-order valence-corrected chi connectivity index (χ3v) is 3.65. The molecule has 0 bridgehead atoms. The third kappa shape index (κ3) is 3.37.